The molecule has 0 aliphatic rings. The zero-order valence-corrected chi connectivity index (χ0v) is 10.0. The molecule has 0 atom stereocenters. The summed E-state index contributed by atoms with van der Waals surface area (Å²) in [6.45, 7) is 3.85. The summed E-state index contributed by atoms with van der Waals surface area (Å²) in [7, 11) is 0. The predicted molar refractivity (Wildman–Crippen MR) is 64.2 cm³/mol. The lowest BCUT2D eigenvalue weighted by Crippen LogP contribution is -2.03. The van der Waals surface area contributed by atoms with E-state index in [1.807, 2.05) is 0 Å². The molecular formula is C11H12N4O3. The Morgan fingerprint density at radius 2 is 2.22 bits per heavy atom. The number of pyridine rings is 1. The number of hydrogen-bond acceptors (Lipinski definition) is 6. The summed E-state index contributed by atoms with van der Waals surface area (Å²) in [5, 5.41) is 17.5. The molecule has 0 saturated carbocycles. The smallest absolute Gasteiger partial charge is 0.277 e. The van der Waals surface area contributed by atoms with Gasteiger partial charge in [-0.05, 0) is 13.8 Å². The van der Waals surface area contributed by atoms with Crippen molar-refractivity contribution in [2.45, 2.75) is 20.4 Å². The lowest BCUT2D eigenvalue weighted by molar-refractivity contribution is -0.385. The quantitative estimate of drug-likeness (QED) is 0.658. The molecular weight excluding hydrogens is 236 g/mol. The van der Waals surface area contributed by atoms with Gasteiger partial charge in [-0.3, -0.25) is 10.1 Å². The van der Waals surface area contributed by atoms with Crippen LogP contribution in [0.15, 0.2) is 22.9 Å². The van der Waals surface area contributed by atoms with Crippen LogP contribution in [0.4, 0.5) is 11.5 Å². The summed E-state index contributed by atoms with van der Waals surface area (Å²) < 4.78 is 4.92. The Morgan fingerprint density at radius 1 is 1.44 bits per heavy atom. The van der Waals surface area contributed by atoms with E-state index in [0.29, 0.717) is 17.9 Å². The van der Waals surface area contributed by atoms with Gasteiger partial charge in [0.25, 0.3) is 5.69 Å². The van der Waals surface area contributed by atoms with Crippen LogP contribution >= 0.6 is 0 Å². The Bertz CT molecular complexity index is 579. The summed E-state index contributed by atoms with van der Waals surface area (Å²) in [5.74, 6) is 1.16. The van der Waals surface area contributed by atoms with Crippen molar-refractivity contribution in [3.8, 4) is 0 Å². The largest absolute Gasteiger partial charge is 0.364 e. The maximum absolute atomic E-state index is 10.8. The molecule has 2 heterocycles. The molecule has 0 aliphatic heterocycles. The van der Waals surface area contributed by atoms with E-state index in [1.165, 1.54) is 12.3 Å². The highest BCUT2D eigenvalue weighted by Gasteiger charge is 2.12. The summed E-state index contributed by atoms with van der Waals surface area (Å²) in [4.78, 5) is 14.4. The minimum Gasteiger partial charge on any atom is -0.364 e. The zero-order valence-electron chi connectivity index (χ0n) is 10.0. The Kier molecular flexibility index (Phi) is 3.22. The highest BCUT2D eigenvalue weighted by molar-refractivity contribution is 5.48. The first-order valence-electron chi connectivity index (χ1n) is 5.33. The average molecular weight is 248 g/mol. The Labute approximate surface area is 103 Å². The average Bonchev–Trinajstić information content (AvgIpc) is 2.74. The van der Waals surface area contributed by atoms with Crippen LogP contribution in [0.25, 0.3) is 0 Å². The molecule has 18 heavy (non-hydrogen) atoms. The van der Waals surface area contributed by atoms with Crippen molar-refractivity contribution < 1.29 is 9.45 Å². The molecule has 0 radical (unpaired) electrons. The molecule has 0 saturated heterocycles. The maximum Gasteiger partial charge on any atom is 0.277 e. The van der Waals surface area contributed by atoms with Gasteiger partial charge in [0, 0.05) is 17.8 Å². The van der Waals surface area contributed by atoms with Crippen LogP contribution in [-0.4, -0.2) is 15.1 Å². The Morgan fingerprint density at radius 3 is 2.83 bits per heavy atom. The number of aromatic nitrogens is 2. The van der Waals surface area contributed by atoms with Crippen molar-refractivity contribution in [1.82, 2.24) is 10.1 Å². The second-order valence-corrected chi connectivity index (χ2v) is 3.90. The van der Waals surface area contributed by atoms with Crippen LogP contribution in [-0.2, 0) is 6.54 Å². The SMILES string of the molecule is Cc1cc(CNc2cc([N+](=O)[O-])c(C)cn2)no1. The minimum atomic E-state index is -0.428. The molecule has 0 aliphatic carbocycles. The number of nitrogens with one attached hydrogen (secondary N) is 1. The molecule has 7 nitrogen and oxygen atoms in total. The number of anilines is 1. The fraction of sp³-hybridized carbons (Fsp3) is 0.273. The first-order valence-corrected chi connectivity index (χ1v) is 5.33. The lowest BCUT2D eigenvalue weighted by atomic mass is 10.2. The monoisotopic (exact) mass is 248 g/mol. The van der Waals surface area contributed by atoms with E-state index in [4.69, 9.17) is 4.52 Å². The van der Waals surface area contributed by atoms with Crippen LogP contribution in [0.1, 0.15) is 17.0 Å². The molecule has 0 bridgehead atoms. The predicted octanol–water partition coefficient (Wildman–Crippen LogP) is 2.21. The third-order valence-electron chi connectivity index (χ3n) is 2.40. The summed E-state index contributed by atoms with van der Waals surface area (Å²) in [6, 6.07) is 3.19. The van der Waals surface area contributed by atoms with Crippen molar-refractivity contribution in [2.75, 3.05) is 5.32 Å². The molecule has 2 aromatic rings. The van der Waals surface area contributed by atoms with Crippen molar-refractivity contribution in [1.29, 1.82) is 0 Å². The van der Waals surface area contributed by atoms with E-state index >= 15 is 0 Å². The van der Waals surface area contributed by atoms with Crippen LogP contribution in [0.3, 0.4) is 0 Å². The van der Waals surface area contributed by atoms with E-state index < -0.39 is 4.92 Å². The number of nitro groups is 1. The molecule has 2 rings (SSSR count). The van der Waals surface area contributed by atoms with Crippen LogP contribution < -0.4 is 5.32 Å². The molecule has 0 aromatic carbocycles. The van der Waals surface area contributed by atoms with E-state index in [9.17, 15) is 10.1 Å². The van der Waals surface area contributed by atoms with Crippen LogP contribution in [0.5, 0.6) is 0 Å². The van der Waals surface area contributed by atoms with Crippen LogP contribution in [0, 0.1) is 24.0 Å². The Balaban J connectivity index is 2.10. The number of nitrogens with zero attached hydrogens (tertiary/aromatic N) is 3. The first-order chi connectivity index (χ1) is 8.56. The van der Waals surface area contributed by atoms with Gasteiger partial charge in [-0.2, -0.15) is 0 Å². The van der Waals surface area contributed by atoms with Crippen LogP contribution in [0.2, 0.25) is 0 Å². The maximum atomic E-state index is 10.8. The zero-order chi connectivity index (χ0) is 13.1. The third-order valence-corrected chi connectivity index (χ3v) is 2.40. The number of aryl methyl sites for hydroxylation is 2. The van der Waals surface area contributed by atoms with Gasteiger partial charge in [0.15, 0.2) is 0 Å². The van der Waals surface area contributed by atoms with Crippen molar-refractivity contribution in [3.63, 3.8) is 0 Å². The standard InChI is InChI=1S/C11H12N4O3/c1-7-5-12-11(4-10(7)15(16)17)13-6-9-3-8(2)18-14-9/h3-5H,6H2,1-2H3,(H,12,13). The highest BCUT2D eigenvalue weighted by Crippen LogP contribution is 2.20. The topological polar surface area (TPSA) is 94.1 Å². The summed E-state index contributed by atoms with van der Waals surface area (Å²) in [6.07, 6.45) is 1.47. The van der Waals surface area contributed by atoms with Gasteiger partial charge < -0.3 is 9.84 Å². The molecule has 94 valence electrons. The van der Waals surface area contributed by atoms with Crippen molar-refractivity contribution >= 4 is 11.5 Å². The Hall–Kier alpha value is -2.44. The minimum absolute atomic E-state index is 0.0452. The van der Waals surface area contributed by atoms with Crippen molar-refractivity contribution in [2.24, 2.45) is 0 Å². The third kappa shape index (κ3) is 2.62. The fourth-order valence-electron chi connectivity index (χ4n) is 1.49. The number of rotatable bonds is 4. The van der Waals surface area contributed by atoms with E-state index in [2.05, 4.69) is 15.5 Å². The van der Waals surface area contributed by atoms with Gasteiger partial charge in [0.05, 0.1) is 17.5 Å². The van der Waals surface area contributed by atoms with E-state index in [0.717, 1.165) is 11.5 Å². The van der Waals surface area contributed by atoms with Gasteiger partial charge in [0.1, 0.15) is 17.3 Å². The molecule has 0 spiro atoms. The van der Waals surface area contributed by atoms with E-state index in [-0.39, 0.29) is 5.69 Å². The molecule has 1 N–H and O–H groups in total. The molecule has 0 amide bonds. The van der Waals surface area contributed by atoms with E-state index in [1.54, 1.807) is 19.9 Å². The molecule has 0 unspecified atom stereocenters. The molecule has 0 fully saturated rings. The van der Waals surface area contributed by atoms with Gasteiger partial charge in [-0.15, -0.1) is 0 Å². The molecule has 7 heteroatoms. The number of hydrogen-bond donors (Lipinski definition) is 1. The van der Waals surface area contributed by atoms with Gasteiger partial charge in [0.2, 0.25) is 0 Å². The molecule has 2 aromatic heterocycles. The second-order valence-electron chi connectivity index (χ2n) is 3.90. The highest BCUT2D eigenvalue weighted by atomic mass is 16.6. The summed E-state index contributed by atoms with van der Waals surface area (Å²) >= 11 is 0. The normalized spacial score (nSPS) is 10.3. The lowest BCUT2D eigenvalue weighted by Gasteiger charge is -2.03. The van der Waals surface area contributed by atoms with Gasteiger partial charge in [-0.25, -0.2) is 4.98 Å². The fourth-order valence-corrected chi connectivity index (χ4v) is 1.49. The van der Waals surface area contributed by atoms with Gasteiger partial charge in [-0.1, -0.05) is 5.16 Å². The van der Waals surface area contributed by atoms with Crippen molar-refractivity contribution in [3.05, 3.63) is 45.5 Å². The second kappa shape index (κ2) is 4.82. The first kappa shape index (κ1) is 12.0. The van der Waals surface area contributed by atoms with Gasteiger partial charge >= 0.3 is 0 Å². The summed E-state index contributed by atoms with van der Waals surface area (Å²) in [5.41, 5.74) is 1.30.